The Morgan fingerprint density at radius 2 is 2.33 bits per heavy atom. The van der Waals surface area contributed by atoms with Gasteiger partial charge in [0.1, 0.15) is 5.69 Å². The molecule has 3 rings (SSSR count). The van der Waals surface area contributed by atoms with Crippen molar-refractivity contribution in [2.24, 2.45) is 0 Å². The molecular formula is C16H19N3OS. The Balaban J connectivity index is 1.60. The lowest BCUT2D eigenvalue weighted by atomic mass is 10.1. The van der Waals surface area contributed by atoms with E-state index in [1.807, 2.05) is 12.1 Å². The van der Waals surface area contributed by atoms with E-state index in [1.54, 1.807) is 17.5 Å². The molecule has 1 fully saturated rings. The van der Waals surface area contributed by atoms with Gasteiger partial charge < -0.3 is 10.6 Å². The molecule has 0 aliphatic heterocycles. The van der Waals surface area contributed by atoms with E-state index in [0.717, 1.165) is 24.9 Å². The lowest BCUT2D eigenvalue weighted by Gasteiger charge is -2.15. The normalized spacial score (nSPS) is 15.5. The number of nitrogens with zero attached hydrogens (tertiary/aromatic N) is 1. The van der Waals surface area contributed by atoms with Crippen LogP contribution < -0.4 is 10.6 Å². The third-order valence-corrected chi connectivity index (χ3v) is 4.17. The Hall–Kier alpha value is -1.88. The molecule has 2 N–H and O–H groups in total. The molecule has 0 bridgehead atoms. The Bertz CT molecular complexity index is 608. The van der Waals surface area contributed by atoms with Crippen molar-refractivity contribution in [3.8, 4) is 0 Å². The van der Waals surface area contributed by atoms with Crippen LogP contribution in [0, 0.1) is 0 Å². The van der Waals surface area contributed by atoms with Crippen LogP contribution in [0.15, 0.2) is 35.2 Å². The molecule has 21 heavy (non-hydrogen) atoms. The maximum atomic E-state index is 12.0. The van der Waals surface area contributed by atoms with E-state index in [1.165, 1.54) is 5.56 Å². The fourth-order valence-corrected chi connectivity index (χ4v) is 2.91. The van der Waals surface area contributed by atoms with Gasteiger partial charge in [0.15, 0.2) is 0 Å². The zero-order valence-electron chi connectivity index (χ0n) is 12.0. The van der Waals surface area contributed by atoms with E-state index in [2.05, 4.69) is 39.4 Å². The van der Waals surface area contributed by atoms with E-state index in [4.69, 9.17) is 0 Å². The summed E-state index contributed by atoms with van der Waals surface area (Å²) in [5, 5.41) is 10.6. The van der Waals surface area contributed by atoms with Crippen LogP contribution in [0.2, 0.25) is 0 Å². The average Bonchev–Trinajstić information content (AvgIpc) is 3.13. The van der Waals surface area contributed by atoms with Gasteiger partial charge in [-0.1, -0.05) is 0 Å². The molecule has 2 heterocycles. The molecule has 0 aromatic carbocycles. The highest BCUT2D eigenvalue weighted by Gasteiger charge is 2.24. The number of rotatable bonds is 6. The molecule has 5 heteroatoms. The monoisotopic (exact) mass is 301 g/mol. The Kier molecular flexibility index (Phi) is 4.20. The van der Waals surface area contributed by atoms with Crippen LogP contribution in [-0.4, -0.2) is 23.0 Å². The number of hydrogen-bond donors (Lipinski definition) is 2. The zero-order chi connectivity index (χ0) is 14.7. The molecule has 0 spiro atoms. The lowest BCUT2D eigenvalue weighted by Crippen LogP contribution is -2.26. The number of nitrogens with one attached hydrogen (secondary N) is 2. The second kappa shape index (κ2) is 6.26. The highest BCUT2D eigenvalue weighted by atomic mass is 32.1. The van der Waals surface area contributed by atoms with E-state index in [0.29, 0.717) is 17.8 Å². The van der Waals surface area contributed by atoms with Crippen LogP contribution in [0.25, 0.3) is 0 Å². The Labute approximate surface area is 128 Å². The third-order valence-electron chi connectivity index (χ3n) is 3.44. The molecule has 110 valence electrons. The molecular weight excluding hydrogens is 282 g/mol. The second-order valence-corrected chi connectivity index (χ2v) is 6.34. The number of thiophene rings is 1. The molecule has 0 unspecified atom stereocenters. The van der Waals surface area contributed by atoms with Gasteiger partial charge in [0.05, 0.1) is 0 Å². The number of carbonyl (C=O) groups is 1. The van der Waals surface area contributed by atoms with E-state index in [9.17, 15) is 4.79 Å². The predicted octanol–water partition coefficient (Wildman–Crippen LogP) is 3.08. The van der Waals surface area contributed by atoms with Crippen molar-refractivity contribution in [1.29, 1.82) is 0 Å². The number of amides is 1. The van der Waals surface area contributed by atoms with Gasteiger partial charge in [-0.15, -0.1) is 0 Å². The van der Waals surface area contributed by atoms with Crippen molar-refractivity contribution < 1.29 is 4.79 Å². The van der Waals surface area contributed by atoms with Crippen molar-refractivity contribution in [2.45, 2.75) is 38.3 Å². The Morgan fingerprint density at radius 3 is 3.05 bits per heavy atom. The maximum Gasteiger partial charge on any atom is 0.270 e. The molecule has 2 aromatic rings. The molecule has 1 aliphatic rings. The molecule has 0 saturated heterocycles. The highest BCUT2D eigenvalue weighted by Crippen LogP contribution is 2.19. The summed E-state index contributed by atoms with van der Waals surface area (Å²) in [6.07, 6.45) is 4.82. The first-order valence-electron chi connectivity index (χ1n) is 7.25. The van der Waals surface area contributed by atoms with Gasteiger partial charge >= 0.3 is 0 Å². The molecule has 0 radical (unpaired) electrons. The maximum absolute atomic E-state index is 12.0. The van der Waals surface area contributed by atoms with Gasteiger partial charge in [-0.3, -0.25) is 9.78 Å². The first-order valence-corrected chi connectivity index (χ1v) is 8.19. The van der Waals surface area contributed by atoms with Crippen LogP contribution in [0.5, 0.6) is 0 Å². The first kappa shape index (κ1) is 14.1. The largest absolute Gasteiger partial charge is 0.382 e. The Morgan fingerprint density at radius 1 is 1.48 bits per heavy atom. The summed E-state index contributed by atoms with van der Waals surface area (Å²) in [6.45, 7) is 2.14. The van der Waals surface area contributed by atoms with E-state index in [-0.39, 0.29) is 5.91 Å². The minimum atomic E-state index is -0.0772. The summed E-state index contributed by atoms with van der Waals surface area (Å²) < 4.78 is 0. The molecule has 1 aliphatic carbocycles. The van der Waals surface area contributed by atoms with Gasteiger partial charge in [-0.25, -0.2) is 0 Å². The lowest BCUT2D eigenvalue weighted by molar-refractivity contribution is 0.0946. The molecule has 1 atom stereocenters. The number of hydrogen-bond acceptors (Lipinski definition) is 4. The number of aromatic nitrogens is 1. The van der Waals surface area contributed by atoms with E-state index >= 15 is 0 Å². The summed E-state index contributed by atoms with van der Waals surface area (Å²) in [6, 6.07) is 6.53. The minimum Gasteiger partial charge on any atom is -0.382 e. The number of carbonyl (C=O) groups excluding carboxylic acids is 1. The van der Waals surface area contributed by atoms with Crippen molar-refractivity contribution in [1.82, 2.24) is 10.3 Å². The average molecular weight is 301 g/mol. The first-order chi connectivity index (χ1) is 10.2. The van der Waals surface area contributed by atoms with Gasteiger partial charge in [0.25, 0.3) is 5.91 Å². The molecule has 1 amide bonds. The highest BCUT2D eigenvalue weighted by molar-refractivity contribution is 7.07. The fraction of sp³-hybridized carbons (Fsp3) is 0.375. The summed E-state index contributed by atoms with van der Waals surface area (Å²) in [5.41, 5.74) is 2.75. The van der Waals surface area contributed by atoms with Gasteiger partial charge in [0, 0.05) is 24.0 Å². The number of anilines is 1. The fourth-order valence-electron chi connectivity index (χ4n) is 2.23. The zero-order valence-corrected chi connectivity index (χ0v) is 12.8. The minimum absolute atomic E-state index is 0.0772. The SMILES string of the molecule is C[C@H](Cc1ccsc1)Nc1ccnc(C(=O)NC2CC2)c1. The number of pyridine rings is 1. The summed E-state index contributed by atoms with van der Waals surface area (Å²) in [7, 11) is 0. The summed E-state index contributed by atoms with van der Waals surface area (Å²) in [5.74, 6) is -0.0772. The molecule has 2 aromatic heterocycles. The van der Waals surface area contributed by atoms with Crippen molar-refractivity contribution in [3.05, 3.63) is 46.4 Å². The van der Waals surface area contributed by atoms with Gasteiger partial charge in [-0.2, -0.15) is 11.3 Å². The third kappa shape index (κ3) is 4.04. The van der Waals surface area contributed by atoms with Gasteiger partial charge in [-0.05, 0) is 60.7 Å². The standard InChI is InChI=1S/C16H19N3OS/c1-11(8-12-5-7-21-10-12)18-14-4-6-17-15(9-14)16(20)19-13-2-3-13/h4-7,9-11,13H,2-3,8H2,1H3,(H,17,18)(H,19,20)/t11-/m1/s1. The quantitative estimate of drug-likeness (QED) is 0.862. The summed E-state index contributed by atoms with van der Waals surface area (Å²) >= 11 is 1.72. The van der Waals surface area contributed by atoms with Crippen LogP contribution in [0.1, 0.15) is 35.8 Å². The van der Waals surface area contributed by atoms with Crippen LogP contribution in [0.3, 0.4) is 0 Å². The molecule has 1 saturated carbocycles. The molecule has 4 nitrogen and oxygen atoms in total. The predicted molar refractivity (Wildman–Crippen MR) is 85.8 cm³/mol. The van der Waals surface area contributed by atoms with Crippen LogP contribution in [0.4, 0.5) is 5.69 Å². The van der Waals surface area contributed by atoms with Crippen LogP contribution >= 0.6 is 11.3 Å². The second-order valence-electron chi connectivity index (χ2n) is 5.56. The van der Waals surface area contributed by atoms with Crippen molar-refractivity contribution >= 4 is 22.9 Å². The van der Waals surface area contributed by atoms with Crippen LogP contribution in [-0.2, 0) is 6.42 Å². The van der Waals surface area contributed by atoms with Gasteiger partial charge in [0.2, 0.25) is 0 Å². The van der Waals surface area contributed by atoms with Crippen molar-refractivity contribution in [3.63, 3.8) is 0 Å². The van der Waals surface area contributed by atoms with Crippen molar-refractivity contribution in [2.75, 3.05) is 5.32 Å². The summed E-state index contributed by atoms with van der Waals surface area (Å²) in [4.78, 5) is 16.1. The smallest absolute Gasteiger partial charge is 0.270 e. The van der Waals surface area contributed by atoms with E-state index < -0.39 is 0 Å². The topological polar surface area (TPSA) is 54.0 Å².